The highest BCUT2D eigenvalue weighted by Crippen LogP contribution is 2.25. The average molecular weight is 275 g/mol. The maximum atomic E-state index is 13.7. The molecule has 0 saturated carbocycles. The molecule has 1 aromatic heterocycles. The topological polar surface area (TPSA) is 51.8 Å². The molecule has 3 nitrogen and oxygen atoms in total. The van der Waals surface area contributed by atoms with E-state index in [1.807, 2.05) is 0 Å². The van der Waals surface area contributed by atoms with Gasteiger partial charge in [-0.25, -0.2) is 23.1 Å². The summed E-state index contributed by atoms with van der Waals surface area (Å²) in [4.78, 5) is 8.04. The highest BCUT2D eigenvalue weighted by atomic mass is 19.1. The summed E-state index contributed by atoms with van der Waals surface area (Å²) in [7, 11) is 0. The van der Waals surface area contributed by atoms with Crippen LogP contribution in [-0.2, 0) is 0 Å². The third-order valence-corrected chi connectivity index (χ3v) is 2.86. The number of benzene rings is 2. The molecule has 0 aliphatic heterocycles. The molecular formula is C14H8F3N3. The number of hydrogen-bond acceptors (Lipinski definition) is 3. The molecule has 6 heteroatoms. The van der Waals surface area contributed by atoms with Crippen molar-refractivity contribution in [1.29, 1.82) is 0 Å². The van der Waals surface area contributed by atoms with E-state index in [1.54, 1.807) is 0 Å². The van der Waals surface area contributed by atoms with Crippen molar-refractivity contribution in [2.24, 2.45) is 0 Å². The van der Waals surface area contributed by atoms with Crippen molar-refractivity contribution in [3.05, 3.63) is 53.8 Å². The molecule has 0 amide bonds. The van der Waals surface area contributed by atoms with Gasteiger partial charge < -0.3 is 5.73 Å². The molecule has 0 radical (unpaired) electrons. The van der Waals surface area contributed by atoms with Gasteiger partial charge in [0.25, 0.3) is 0 Å². The molecule has 0 saturated heterocycles. The Morgan fingerprint density at radius 3 is 2.30 bits per heavy atom. The Hall–Kier alpha value is -2.63. The standard InChI is InChI=1S/C14H8F3N3/c15-7-1-3-9(11(17)5-7)14-19-12-6-8(16)2-4-10(12)13(18)20-14/h1-6H,(H2,18,19,20). The monoisotopic (exact) mass is 275 g/mol. The van der Waals surface area contributed by atoms with Gasteiger partial charge in [-0.3, -0.25) is 0 Å². The summed E-state index contributed by atoms with van der Waals surface area (Å²) >= 11 is 0. The summed E-state index contributed by atoms with van der Waals surface area (Å²) in [6.07, 6.45) is 0. The van der Waals surface area contributed by atoms with E-state index in [0.29, 0.717) is 5.39 Å². The molecule has 0 aliphatic rings. The van der Waals surface area contributed by atoms with Crippen LogP contribution < -0.4 is 5.73 Å². The van der Waals surface area contributed by atoms with Gasteiger partial charge in [0, 0.05) is 17.5 Å². The number of hydrogen-bond donors (Lipinski definition) is 1. The second kappa shape index (κ2) is 4.48. The number of nitrogen functional groups attached to an aromatic ring is 1. The molecule has 2 N–H and O–H groups in total. The van der Waals surface area contributed by atoms with Crippen molar-refractivity contribution in [2.75, 3.05) is 5.73 Å². The maximum absolute atomic E-state index is 13.7. The Kier molecular flexibility index (Phi) is 2.78. The first-order chi connectivity index (χ1) is 9.54. The van der Waals surface area contributed by atoms with Crippen molar-refractivity contribution in [3.8, 4) is 11.4 Å². The first kappa shape index (κ1) is 12.4. The zero-order valence-electron chi connectivity index (χ0n) is 10.1. The summed E-state index contributed by atoms with van der Waals surface area (Å²) in [5.41, 5.74) is 6.02. The van der Waals surface area contributed by atoms with E-state index in [-0.39, 0.29) is 22.7 Å². The Bertz CT molecular complexity index is 818. The van der Waals surface area contributed by atoms with Crippen LogP contribution in [-0.4, -0.2) is 9.97 Å². The predicted molar refractivity (Wildman–Crippen MR) is 69.3 cm³/mol. The normalized spacial score (nSPS) is 10.9. The van der Waals surface area contributed by atoms with Crippen LogP contribution in [0.4, 0.5) is 19.0 Å². The minimum atomic E-state index is -0.805. The SMILES string of the molecule is Nc1nc(-c2ccc(F)cc2F)nc2cc(F)ccc12. The van der Waals surface area contributed by atoms with Gasteiger partial charge in [0.05, 0.1) is 11.1 Å². The summed E-state index contributed by atoms with van der Waals surface area (Å²) < 4.78 is 39.8. The van der Waals surface area contributed by atoms with E-state index in [0.717, 1.165) is 12.1 Å². The van der Waals surface area contributed by atoms with E-state index in [4.69, 9.17) is 5.73 Å². The first-order valence-corrected chi connectivity index (χ1v) is 5.73. The number of nitrogens with two attached hydrogens (primary N) is 1. The Balaban J connectivity index is 2.26. The number of fused-ring (bicyclic) bond motifs is 1. The van der Waals surface area contributed by atoms with Crippen LogP contribution in [0.2, 0.25) is 0 Å². The van der Waals surface area contributed by atoms with Gasteiger partial charge >= 0.3 is 0 Å². The average Bonchev–Trinajstić information content (AvgIpc) is 2.37. The highest BCUT2D eigenvalue weighted by molar-refractivity contribution is 5.89. The van der Waals surface area contributed by atoms with E-state index in [1.165, 1.54) is 24.3 Å². The fourth-order valence-corrected chi connectivity index (χ4v) is 1.92. The molecule has 0 spiro atoms. The van der Waals surface area contributed by atoms with Crippen molar-refractivity contribution in [3.63, 3.8) is 0 Å². The molecule has 3 aromatic rings. The Morgan fingerprint density at radius 1 is 0.850 bits per heavy atom. The number of anilines is 1. The van der Waals surface area contributed by atoms with E-state index in [9.17, 15) is 13.2 Å². The lowest BCUT2D eigenvalue weighted by atomic mass is 10.1. The second-order valence-electron chi connectivity index (χ2n) is 4.22. The molecule has 0 bridgehead atoms. The lowest BCUT2D eigenvalue weighted by molar-refractivity contribution is 0.585. The zero-order valence-corrected chi connectivity index (χ0v) is 10.1. The number of halogens is 3. The number of nitrogens with zero attached hydrogens (tertiary/aromatic N) is 2. The van der Waals surface area contributed by atoms with Crippen LogP contribution in [0.25, 0.3) is 22.3 Å². The van der Waals surface area contributed by atoms with Crippen molar-refractivity contribution in [2.45, 2.75) is 0 Å². The van der Waals surface area contributed by atoms with Crippen LogP contribution in [0.15, 0.2) is 36.4 Å². The Labute approximate surface area is 111 Å². The minimum Gasteiger partial charge on any atom is -0.383 e. The third kappa shape index (κ3) is 2.05. The van der Waals surface area contributed by atoms with Gasteiger partial charge in [-0.05, 0) is 24.3 Å². The lowest BCUT2D eigenvalue weighted by Gasteiger charge is -2.06. The molecule has 1 heterocycles. The van der Waals surface area contributed by atoms with E-state index in [2.05, 4.69) is 9.97 Å². The predicted octanol–water partition coefficient (Wildman–Crippen LogP) is 3.30. The van der Waals surface area contributed by atoms with Crippen molar-refractivity contribution < 1.29 is 13.2 Å². The molecule has 100 valence electrons. The fourth-order valence-electron chi connectivity index (χ4n) is 1.92. The van der Waals surface area contributed by atoms with Crippen LogP contribution in [0.3, 0.4) is 0 Å². The molecule has 2 aromatic carbocycles. The van der Waals surface area contributed by atoms with Gasteiger partial charge in [0.1, 0.15) is 23.3 Å². The Morgan fingerprint density at radius 2 is 1.55 bits per heavy atom. The van der Waals surface area contributed by atoms with Gasteiger partial charge in [0.2, 0.25) is 0 Å². The molecule has 0 atom stereocenters. The van der Waals surface area contributed by atoms with Gasteiger partial charge in [0.15, 0.2) is 5.82 Å². The minimum absolute atomic E-state index is 0.00395. The molecule has 20 heavy (non-hydrogen) atoms. The molecule has 3 rings (SSSR count). The van der Waals surface area contributed by atoms with Gasteiger partial charge in [-0.1, -0.05) is 0 Å². The number of rotatable bonds is 1. The zero-order chi connectivity index (χ0) is 14.3. The summed E-state index contributed by atoms with van der Waals surface area (Å²) in [5.74, 6) is -1.90. The van der Waals surface area contributed by atoms with Gasteiger partial charge in [-0.15, -0.1) is 0 Å². The fraction of sp³-hybridized carbons (Fsp3) is 0. The second-order valence-corrected chi connectivity index (χ2v) is 4.22. The summed E-state index contributed by atoms with van der Waals surface area (Å²) in [5, 5.41) is 0.470. The van der Waals surface area contributed by atoms with Gasteiger partial charge in [-0.2, -0.15) is 0 Å². The molecule has 0 unspecified atom stereocenters. The molecule has 0 aliphatic carbocycles. The maximum Gasteiger partial charge on any atom is 0.165 e. The smallest absolute Gasteiger partial charge is 0.165 e. The highest BCUT2D eigenvalue weighted by Gasteiger charge is 2.12. The van der Waals surface area contributed by atoms with Crippen molar-refractivity contribution >= 4 is 16.7 Å². The molecular weight excluding hydrogens is 267 g/mol. The van der Waals surface area contributed by atoms with Crippen molar-refractivity contribution in [1.82, 2.24) is 9.97 Å². The van der Waals surface area contributed by atoms with E-state index < -0.39 is 17.5 Å². The third-order valence-electron chi connectivity index (χ3n) is 2.86. The molecule has 0 fully saturated rings. The quantitative estimate of drug-likeness (QED) is 0.741. The summed E-state index contributed by atoms with van der Waals surface area (Å²) in [6.45, 7) is 0. The number of aromatic nitrogens is 2. The van der Waals surface area contributed by atoms with Crippen LogP contribution in [0, 0.1) is 17.5 Å². The van der Waals surface area contributed by atoms with E-state index >= 15 is 0 Å². The largest absolute Gasteiger partial charge is 0.383 e. The summed E-state index contributed by atoms with van der Waals surface area (Å²) in [6, 6.07) is 6.90. The lowest BCUT2D eigenvalue weighted by Crippen LogP contribution is -1.99. The van der Waals surface area contributed by atoms with Crippen LogP contribution in [0.5, 0.6) is 0 Å². The van der Waals surface area contributed by atoms with Crippen LogP contribution in [0.1, 0.15) is 0 Å². The van der Waals surface area contributed by atoms with Crippen LogP contribution >= 0.6 is 0 Å². The first-order valence-electron chi connectivity index (χ1n) is 5.73.